The van der Waals surface area contributed by atoms with Gasteiger partial charge in [0.1, 0.15) is 4.90 Å². The number of aromatic nitrogens is 2. The molecule has 1 aliphatic carbocycles. The number of rotatable bonds is 5. The van der Waals surface area contributed by atoms with E-state index in [-0.39, 0.29) is 10.9 Å². The maximum absolute atomic E-state index is 12.1. The number of hydrogen-bond donors (Lipinski definition) is 1. The van der Waals surface area contributed by atoms with Gasteiger partial charge in [-0.1, -0.05) is 6.92 Å². The van der Waals surface area contributed by atoms with Crippen LogP contribution in [-0.2, 0) is 10.0 Å². The van der Waals surface area contributed by atoms with Crippen LogP contribution < -0.4 is 0 Å². The average molecular weight is 229 g/mol. The maximum atomic E-state index is 12.1. The van der Waals surface area contributed by atoms with E-state index >= 15 is 0 Å². The Labute approximate surface area is 89.5 Å². The molecule has 1 aliphatic rings. The smallest absolute Gasteiger partial charge is 0.246 e. The Morgan fingerprint density at radius 1 is 1.60 bits per heavy atom. The minimum absolute atomic E-state index is 0.213. The molecule has 0 radical (unpaired) electrons. The molecule has 0 aliphatic heterocycles. The summed E-state index contributed by atoms with van der Waals surface area (Å²) in [6.45, 7) is 2.58. The van der Waals surface area contributed by atoms with Gasteiger partial charge in [-0.15, -0.1) is 0 Å². The van der Waals surface area contributed by atoms with Gasteiger partial charge in [0, 0.05) is 18.8 Å². The predicted molar refractivity (Wildman–Crippen MR) is 55.8 cm³/mol. The summed E-state index contributed by atoms with van der Waals surface area (Å²) < 4.78 is 25.9. The van der Waals surface area contributed by atoms with Crippen LogP contribution in [0.15, 0.2) is 17.3 Å². The minimum atomic E-state index is -3.32. The van der Waals surface area contributed by atoms with Gasteiger partial charge in [-0.25, -0.2) is 8.42 Å². The average Bonchev–Trinajstić information content (AvgIpc) is 2.86. The van der Waals surface area contributed by atoms with Crippen molar-refractivity contribution in [1.29, 1.82) is 0 Å². The minimum Gasteiger partial charge on any atom is -0.284 e. The standard InChI is InChI=1S/C9H15N3O2S/c1-2-5-12(8-3-4-8)15(13,14)9-6-10-11-7-9/h6-8H,2-5H2,1H3,(H,10,11). The lowest BCUT2D eigenvalue weighted by Crippen LogP contribution is -2.33. The molecule has 0 unspecified atom stereocenters. The number of H-pyrrole nitrogens is 1. The molecule has 0 spiro atoms. The Kier molecular flexibility index (Phi) is 2.79. The topological polar surface area (TPSA) is 66.1 Å². The number of nitrogens with zero attached hydrogens (tertiary/aromatic N) is 2. The third-order valence-corrected chi connectivity index (χ3v) is 4.40. The first-order valence-electron chi connectivity index (χ1n) is 5.17. The van der Waals surface area contributed by atoms with Crippen LogP contribution in [0.25, 0.3) is 0 Å². The highest BCUT2D eigenvalue weighted by atomic mass is 32.2. The molecular formula is C9H15N3O2S. The zero-order chi connectivity index (χ0) is 10.9. The van der Waals surface area contributed by atoms with Crippen molar-refractivity contribution in [2.75, 3.05) is 6.54 Å². The third-order valence-electron chi connectivity index (χ3n) is 2.48. The first-order chi connectivity index (χ1) is 7.16. The van der Waals surface area contributed by atoms with E-state index in [0.717, 1.165) is 19.3 Å². The van der Waals surface area contributed by atoms with E-state index in [1.807, 2.05) is 6.92 Å². The fourth-order valence-electron chi connectivity index (χ4n) is 1.60. The molecule has 1 saturated carbocycles. The second-order valence-electron chi connectivity index (χ2n) is 3.78. The van der Waals surface area contributed by atoms with E-state index in [2.05, 4.69) is 10.2 Å². The van der Waals surface area contributed by atoms with E-state index < -0.39 is 10.0 Å². The summed E-state index contributed by atoms with van der Waals surface area (Å²) in [5.41, 5.74) is 0. The molecular weight excluding hydrogens is 214 g/mol. The van der Waals surface area contributed by atoms with E-state index in [4.69, 9.17) is 0 Å². The molecule has 1 aromatic heterocycles. The van der Waals surface area contributed by atoms with Crippen molar-refractivity contribution in [2.45, 2.75) is 37.1 Å². The van der Waals surface area contributed by atoms with Crippen molar-refractivity contribution in [3.05, 3.63) is 12.4 Å². The van der Waals surface area contributed by atoms with Crippen LogP contribution in [0.2, 0.25) is 0 Å². The molecule has 0 amide bonds. The van der Waals surface area contributed by atoms with Crippen molar-refractivity contribution in [2.24, 2.45) is 0 Å². The zero-order valence-corrected chi connectivity index (χ0v) is 9.50. The Hall–Kier alpha value is -0.880. The summed E-state index contributed by atoms with van der Waals surface area (Å²) in [6.07, 6.45) is 5.60. The van der Waals surface area contributed by atoms with Crippen LogP contribution >= 0.6 is 0 Å². The van der Waals surface area contributed by atoms with Crippen LogP contribution in [0.5, 0.6) is 0 Å². The van der Waals surface area contributed by atoms with Crippen LogP contribution in [0.3, 0.4) is 0 Å². The summed E-state index contributed by atoms with van der Waals surface area (Å²) in [5.74, 6) is 0. The molecule has 1 fully saturated rings. The van der Waals surface area contributed by atoms with Gasteiger partial charge in [0.2, 0.25) is 10.0 Å². The van der Waals surface area contributed by atoms with Gasteiger partial charge >= 0.3 is 0 Å². The van der Waals surface area contributed by atoms with Gasteiger partial charge in [-0.05, 0) is 19.3 Å². The highest BCUT2D eigenvalue weighted by Gasteiger charge is 2.37. The SMILES string of the molecule is CCCN(C1CC1)S(=O)(=O)c1cn[nH]c1. The Morgan fingerprint density at radius 3 is 2.80 bits per heavy atom. The van der Waals surface area contributed by atoms with Crippen molar-refractivity contribution >= 4 is 10.0 Å². The van der Waals surface area contributed by atoms with Gasteiger partial charge in [-0.3, -0.25) is 5.10 Å². The van der Waals surface area contributed by atoms with E-state index in [9.17, 15) is 8.42 Å². The fraction of sp³-hybridized carbons (Fsp3) is 0.667. The van der Waals surface area contributed by atoms with Gasteiger partial charge in [0.15, 0.2) is 0 Å². The molecule has 1 heterocycles. The molecule has 1 aromatic rings. The lowest BCUT2D eigenvalue weighted by Gasteiger charge is -2.19. The van der Waals surface area contributed by atoms with Gasteiger partial charge < -0.3 is 0 Å². The molecule has 1 N–H and O–H groups in total. The van der Waals surface area contributed by atoms with Crippen molar-refractivity contribution in [3.63, 3.8) is 0 Å². The van der Waals surface area contributed by atoms with Crippen molar-refractivity contribution in [1.82, 2.24) is 14.5 Å². The maximum Gasteiger partial charge on any atom is 0.246 e. The normalized spacial score (nSPS) is 17.2. The lowest BCUT2D eigenvalue weighted by molar-refractivity contribution is 0.403. The first-order valence-corrected chi connectivity index (χ1v) is 6.61. The van der Waals surface area contributed by atoms with Crippen LogP contribution in [0, 0.1) is 0 Å². The van der Waals surface area contributed by atoms with Gasteiger partial charge in [0.05, 0.1) is 6.20 Å². The zero-order valence-electron chi connectivity index (χ0n) is 8.68. The second-order valence-corrected chi connectivity index (χ2v) is 5.67. The van der Waals surface area contributed by atoms with E-state index in [0.29, 0.717) is 6.54 Å². The summed E-state index contributed by atoms with van der Waals surface area (Å²) in [4.78, 5) is 0.267. The van der Waals surface area contributed by atoms with Gasteiger partial charge in [0.25, 0.3) is 0 Å². The summed E-state index contributed by atoms with van der Waals surface area (Å²) >= 11 is 0. The van der Waals surface area contributed by atoms with Crippen LogP contribution in [0.4, 0.5) is 0 Å². The largest absolute Gasteiger partial charge is 0.284 e. The molecule has 0 bridgehead atoms. The third kappa shape index (κ3) is 2.05. The highest BCUT2D eigenvalue weighted by Crippen LogP contribution is 2.31. The van der Waals surface area contributed by atoms with Crippen LogP contribution in [0.1, 0.15) is 26.2 Å². The Bertz CT molecular complexity index is 409. The summed E-state index contributed by atoms with van der Waals surface area (Å²) in [6, 6.07) is 0.213. The number of aromatic amines is 1. The predicted octanol–water partition coefficient (Wildman–Crippen LogP) is 0.973. The molecule has 0 atom stereocenters. The molecule has 0 saturated heterocycles. The molecule has 2 rings (SSSR count). The highest BCUT2D eigenvalue weighted by molar-refractivity contribution is 7.89. The number of hydrogen-bond acceptors (Lipinski definition) is 3. The quantitative estimate of drug-likeness (QED) is 0.818. The molecule has 5 nitrogen and oxygen atoms in total. The van der Waals surface area contributed by atoms with Crippen molar-refractivity contribution < 1.29 is 8.42 Å². The Morgan fingerprint density at radius 2 is 2.33 bits per heavy atom. The van der Waals surface area contributed by atoms with Crippen molar-refractivity contribution in [3.8, 4) is 0 Å². The van der Waals surface area contributed by atoms with E-state index in [1.54, 1.807) is 4.31 Å². The second kappa shape index (κ2) is 3.94. The molecule has 15 heavy (non-hydrogen) atoms. The Balaban J connectivity index is 2.26. The van der Waals surface area contributed by atoms with E-state index in [1.165, 1.54) is 12.4 Å². The summed E-state index contributed by atoms with van der Waals surface area (Å²) in [5, 5.41) is 6.22. The lowest BCUT2D eigenvalue weighted by atomic mass is 10.5. The number of sulfonamides is 1. The molecule has 6 heteroatoms. The van der Waals surface area contributed by atoms with Crippen LogP contribution in [-0.4, -0.2) is 35.5 Å². The fourth-order valence-corrected chi connectivity index (χ4v) is 3.28. The number of nitrogens with one attached hydrogen (secondary N) is 1. The summed E-state index contributed by atoms with van der Waals surface area (Å²) in [7, 11) is -3.32. The monoisotopic (exact) mass is 229 g/mol. The molecule has 84 valence electrons. The molecule has 0 aromatic carbocycles. The van der Waals surface area contributed by atoms with Gasteiger partial charge in [-0.2, -0.15) is 9.40 Å². The first kappa shape index (κ1) is 10.6.